The van der Waals surface area contributed by atoms with Crippen molar-refractivity contribution in [2.75, 3.05) is 13.6 Å². The molecule has 0 spiro atoms. The highest BCUT2D eigenvalue weighted by Crippen LogP contribution is 2.09. The molecule has 0 aliphatic rings. The predicted octanol–water partition coefficient (Wildman–Crippen LogP) is 2.32. The van der Waals surface area contributed by atoms with Crippen LogP contribution in [-0.4, -0.2) is 23.8 Å². The maximum Gasteiger partial charge on any atom is 0.216 e. The van der Waals surface area contributed by atoms with Gasteiger partial charge < -0.3 is 9.73 Å². The maximum atomic E-state index is 5.63. The van der Waals surface area contributed by atoms with Gasteiger partial charge >= 0.3 is 0 Å². The fourth-order valence-electron chi connectivity index (χ4n) is 2.03. The van der Waals surface area contributed by atoms with Crippen LogP contribution in [0.5, 0.6) is 0 Å². The fourth-order valence-corrected chi connectivity index (χ4v) is 2.03. The molecule has 0 saturated heterocycles. The van der Waals surface area contributed by atoms with Crippen molar-refractivity contribution < 1.29 is 4.42 Å². The SMILES string of the molecule is CNCCCc1nnc(CCc2cccc(C)c2)o1. The highest BCUT2D eigenvalue weighted by atomic mass is 16.4. The first-order valence-corrected chi connectivity index (χ1v) is 6.79. The lowest BCUT2D eigenvalue weighted by Gasteiger charge is -1.99. The molecular formula is C15H21N3O. The normalized spacial score (nSPS) is 10.8. The van der Waals surface area contributed by atoms with Gasteiger partial charge in [0.15, 0.2) is 0 Å². The van der Waals surface area contributed by atoms with E-state index < -0.39 is 0 Å². The van der Waals surface area contributed by atoms with Crippen molar-refractivity contribution in [2.24, 2.45) is 0 Å². The van der Waals surface area contributed by atoms with Gasteiger partial charge in [0.25, 0.3) is 0 Å². The van der Waals surface area contributed by atoms with Gasteiger partial charge in [0.05, 0.1) is 0 Å². The lowest BCUT2D eigenvalue weighted by molar-refractivity contribution is 0.442. The maximum absolute atomic E-state index is 5.63. The Kier molecular flexibility index (Phi) is 5.10. The Labute approximate surface area is 114 Å². The summed E-state index contributed by atoms with van der Waals surface area (Å²) in [6, 6.07) is 8.53. The number of aryl methyl sites for hydroxylation is 4. The largest absolute Gasteiger partial charge is 0.425 e. The van der Waals surface area contributed by atoms with E-state index in [4.69, 9.17) is 4.42 Å². The second kappa shape index (κ2) is 7.04. The Balaban J connectivity index is 1.83. The number of nitrogens with one attached hydrogen (secondary N) is 1. The molecule has 19 heavy (non-hydrogen) atoms. The summed E-state index contributed by atoms with van der Waals surface area (Å²) < 4.78 is 5.63. The van der Waals surface area contributed by atoms with Crippen LogP contribution >= 0.6 is 0 Å². The third-order valence-corrected chi connectivity index (χ3v) is 3.04. The van der Waals surface area contributed by atoms with Gasteiger partial charge in [-0.15, -0.1) is 10.2 Å². The first kappa shape index (κ1) is 13.7. The van der Waals surface area contributed by atoms with Crippen LogP contribution in [0.1, 0.15) is 29.3 Å². The van der Waals surface area contributed by atoms with Gasteiger partial charge in [-0.1, -0.05) is 29.8 Å². The van der Waals surface area contributed by atoms with Gasteiger partial charge in [-0.25, -0.2) is 0 Å². The quantitative estimate of drug-likeness (QED) is 0.775. The lowest BCUT2D eigenvalue weighted by Crippen LogP contribution is -2.08. The average molecular weight is 259 g/mol. The molecule has 1 aromatic carbocycles. The molecular weight excluding hydrogens is 238 g/mol. The molecule has 102 valence electrons. The molecule has 1 aromatic heterocycles. The van der Waals surface area contributed by atoms with Gasteiger partial charge in [-0.3, -0.25) is 0 Å². The molecule has 0 unspecified atom stereocenters. The van der Waals surface area contributed by atoms with Crippen LogP contribution in [0.2, 0.25) is 0 Å². The van der Waals surface area contributed by atoms with E-state index in [0.29, 0.717) is 0 Å². The van der Waals surface area contributed by atoms with Gasteiger partial charge in [0.1, 0.15) is 0 Å². The second-order valence-electron chi connectivity index (χ2n) is 4.79. The van der Waals surface area contributed by atoms with Crippen LogP contribution in [0.4, 0.5) is 0 Å². The highest BCUT2D eigenvalue weighted by Gasteiger charge is 2.06. The molecule has 2 aromatic rings. The molecule has 0 radical (unpaired) electrons. The minimum atomic E-state index is 0.737. The van der Waals surface area contributed by atoms with Crippen LogP contribution in [0.3, 0.4) is 0 Å². The van der Waals surface area contributed by atoms with E-state index in [1.807, 2.05) is 7.05 Å². The zero-order valence-corrected chi connectivity index (χ0v) is 11.6. The van der Waals surface area contributed by atoms with Gasteiger partial charge in [-0.2, -0.15) is 0 Å². The Bertz CT molecular complexity index is 508. The summed E-state index contributed by atoms with van der Waals surface area (Å²) in [5.41, 5.74) is 2.60. The third-order valence-electron chi connectivity index (χ3n) is 3.04. The second-order valence-corrected chi connectivity index (χ2v) is 4.79. The molecule has 0 amide bonds. The minimum Gasteiger partial charge on any atom is -0.425 e. The predicted molar refractivity (Wildman–Crippen MR) is 75.1 cm³/mol. The zero-order valence-electron chi connectivity index (χ0n) is 11.6. The number of rotatable bonds is 7. The molecule has 0 saturated carbocycles. The van der Waals surface area contributed by atoms with Gasteiger partial charge in [0.2, 0.25) is 11.8 Å². The van der Waals surface area contributed by atoms with E-state index in [9.17, 15) is 0 Å². The number of hydrogen-bond donors (Lipinski definition) is 1. The monoisotopic (exact) mass is 259 g/mol. The summed E-state index contributed by atoms with van der Waals surface area (Å²) in [5, 5.41) is 11.3. The molecule has 0 atom stereocenters. The fraction of sp³-hybridized carbons (Fsp3) is 0.467. The average Bonchev–Trinajstić information content (AvgIpc) is 2.85. The van der Waals surface area contributed by atoms with E-state index in [1.165, 1.54) is 11.1 Å². The van der Waals surface area contributed by atoms with Gasteiger partial charge in [-0.05, 0) is 38.9 Å². The van der Waals surface area contributed by atoms with Crippen LogP contribution in [0, 0.1) is 6.92 Å². The lowest BCUT2D eigenvalue weighted by atomic mass is 10.1. The Hall–Kier alpha value is -1.68. The molecule has 1 heterocycles. The van der Waals surface area contributed by atoms with Crippen molar-refractivity contribution in [3.8, 4) is 0 Å². The molecule has 2 rings (SSSR count). The van der Waals surface area contributed by atoms with E-state index in [1.54, 1.807) is 0 Å². The van der Waals surface area contributed by atoms with Crippen molar-refractivity contribution in [3.05, 3.63) is 47.2 Å². The molecule has 0 aliphatic heterocycles. The van der Waals surface area contributed by atoms with Crippen LogP contribution < -0.4 is 5.32 Å². The standard InChI is InChI=1S/C15H21N3O/c1-12-5-3-6-13(11-12)8-9-15-18-17-14(19-15)7-4-10-16-2/h3,5-6,11,16H,4,7-10H2,1-2H3. The molecule has 0 fully saturated rings. The first-order valence-electron chi connectivity index (χ1n) is 6.79. The van der Waals surface area contributed by atoms with Crippen molar-refractivity contribution in [3.63, 3.8) is 0 Å². The number of hydrogen-bond acceptors (Lipinski definition) is 4. The summed E-state index contributed by atoms with van der Waals surface area (Å²) in [5.74, 6) is 1.48. The topological polar surface area (TPSA) is 51.0 Å². The van der Waals surface area contributed by atoms with Crippen molar-refractivity contribution in [2.45, 2.75) is 32.6 Å². The highest BCUT2D eigenvalue weighted by molar-refractivity contribution is 5.22. The number of nitrogens with zero attached hydrogens (tertiary/aromatic N) is 2. The van der Waals surface area contributed by atoms with Crippen molar-refractivity contribution >= 4 is 0 Å². The molecule has 0 bridgehead atoms. The van der Waals surface area contributed by atoms with Crippen LogP contribution in [0.25, 0.3) is 0 Å². The van der Waals surface area contributed by atoms with Crippen LogP contribution in [0.15, 0.2) is 28.7 Å². The zero-order chi connectivity index (χ0) is 13.5. The molecule has 4 heteroatoms. The Morgan fingerprint density at radius 3 is 2.63 bits per heavy atom. The van der Waals surface area contributed by atoms with E-state index >= 15 is 0 Å². The summed E-state index contributed by atoms with van der Waals surface area (Å²) in [4.78, 5) is 0. The number of benzene rings is 1. The van der Waals surface area contributed by atoms with E-state index in [2.05, 4.69) is 46.7 Å². The number of aromatic nitrogens is 2. The molecule has 4 nitrogen and oxygen atoms in total. The summed E-state index contributed by atoms with van der Waals surface area (Å²) in [6.45, 7) is 3.08. The minimum absolute atomic E-state index is 0.737. The Morgan fingerprint density at radius 1 is 1.11 bits per heavy atom. The van der Waals surface area contributed by atoms with E-state index in [-0.39, 0.29) is 0 Å². The van der Waals surface area contributed by atoms with Crippen LogP contribution in [-0.2, 0) is 19.3 Å². The Morgan fingerprint density at radius 2 is 1.89 bits per heavy atom. The first-order chi connectivity index (χ1) is 9.28. The third kappa shape index (κ3) is 4.48. The summed E-state index contributed by atoms with van der Waals surface area (Å²) in [7, 11) is 1.95. The van der Waals surface area contributed by atoms with Gasteiger partial charge in [0, 0.05) is 12.8 Å². The van der Waals surface area contributed by atoms with Crippen molar-refractivity contribution in [1.82, 2.24) is 15.5 Å². The smallest absolute Gasteiger partial charge is 0.216 e. The molecule has 0 aliphatic carbocycles. The van der Waals surface area contributed by atoms with Crippen molar-refractivity contribution in [1.29, 1.82) is 0 Å². The molecule has 1 N–H and O–H groups in total. The van der Waals surface area contributed by atoms with E-state index in [0.717, 1.165) is 44.0 Å². The summed E-state index contributed by atoms with van der Waals surface area (Å²) in [6.07, 6.45) is 3.62. The summed E-state index contributed by atoms with van der Waals surface area (Å²) >= 11 is 0.